The van der Waals surface area contributed by atoms with Crippen molar-refractivity contribution in [2.24, 2.45) is 0 Å². The van der Waals surface area contributed by atoms with Crippen molar-refractivity contribution in [2.45, 2.75) is 18.4 Å². The van der Waals surface area contributed by atoms with Crippen molar-refractivity contribution < 1.29 is 9.84 Å². The summed E-state index contributed by atoms with van der Waals surface area (Å²) < 4.78 is 6.37. The molecule has 0 saturated carbocycles. The Balaban J connectivity index is 1.65. The summed E-state index contributed by atoms with van der Waals surface area (Å²) in [6, 6.07) is 21.9. The molecule has 0 spiro atoms. The Kier molecular flexibility index (Phi) is 6.14. The van der Waals surface area contributed by atoms with Gasteiger partial charge in [-0.05, 0) is 47.5 Å². The molecular formula is C24H23BrClNO2. The first-order chi connectivity index (χ1) is 14.0. The molecule has 150 valence electrons. The number of nitrogens with zero attached hydrogens (tertiary/aromatic N) is 1. The van der Waals surface area contributed by atoms with E-state index in [4.69, 9.17) is 16.3 Å². The second-order valence-electron chi connectivity index (χ2n) is 7.48. The fourth-order valence-corrected chi connectivity index (χ4v) is 4.99. The highest BCUT2D eigenvalue weighted by Crippen LogP contribution is 2.45. The Hall–Kier alpha value is -2.01. The predicted molar refractivity (Wildman–Crippen MR) is 121 cm³/mol. The summed E-state index contributed by atoms with van der Waals surface area (Å²) >= 11 is 9.99. The topological polar surface area (TPSA) is 32.7 Å². The van der Waals surface area contributed by atoms with Gasteiger partial charge in [-0.3, -0.25) is 4.90 Å². The van der Waals surface area contributed by atoms with Crippen LogP contribution in [0.15, 0.2) is 71.2 Å². The third-order valence-corrected chi connectivity index (χ3v) is 6.61. The van der Waals surface area contributed by atoms with Crippen LogP contribution in [0.3, 0.4) is 0 Å². The van der Waals surface area contributed by atoms with Gasteiger partial charge >= 0.3 is 0 Å². The van der Waals surface area contributed by atoms with Crippen molar-refractivity contribution in [1.29, 1.82) is 0 Å². The number of benzene rings is 3. The van der Waals surface area contributed by atoms with Crippen molar-refractivity contribution in [3.05, 3.63) is 92.9 Å². The van der Waals surface area contributed by atoms with Crippen LogP contribution in [-0.4, -0.2) is 30.2 Å². The zero-order valence-corrected chi connectivity index (χ0v) is 18.5. The lowest BCUT2D eigenvalue weighted by molar-refractivity contribution is 0.323. The van der Waals surface area contributed by atoms with E-state index in [0.717, 1.165) is 35.4 Å². The molecule has 0 radical (unpaired) electrons. The molecule has 29 heavy (non-hydrogen) atoms. The normalized spacial score (nSPS) is 19.4. The monoisotopic (exact) mass is 471 g/mol. The molecular weight excluding hydrogens is 450 g/mol. The Labute approximate surface area is 185 Å². The highest BCUT2D eigenvalue weighted by atomic mass is 79.9. The minimum Gasteiger partial charge on any atom is -0.508 e. The molecule has 0 bridgehead atoms. The van der Waals surface area contributed by atoms with E-state index in [-0.39, 0.29) is 11.8 Å². The third kappa shape index (κ3) is 4.45. The van der Waals surface area contributed by atoms with Gasteiger partial charge in [0.15, 0.2) is 0 Å². The van der Waals surface area contributed by atoms with Crippen LogP contribution in [0.5, 0.6) is 11.5 Å². The van der Waals surface area contributed by atoms with Crippen molar-refractivity contribution in [2.75, 3.05) is 20.2 Å². The summed E-state index contributed by atoms with van der Waals surface area (Å²) in [6.45, 7) is 2.61. The molecule has 0 aliphatic carbocycles. The maximum absolute atomic E-state index is 10.6. The number of phenols is 1. The van der Waals surface area contributed by atoms with Crippen LogP contribution in [0.25, 0.3) is 0 Å². The third-order valence-electron chi connectivity index (χ3n) is 5.65. The van der Waals surface area contributed by atoms with Gasteiger partial charge in [0.1, 0.15) is 11.5 Å². The van der Waals surface area contributed by atoms with Gasteiger partial charge in [-0.2, -0.15) is 0 Å². The van der Waals surface area contributed by atoms with Gasteiger partial charge in [0.05, 0.1) is 7.11 Å². The van der Waals surface area contributed by atoms with Crippen LogP contribution in [0, 0.1) is 0 Å². The van der Waals surface area contributed by atoms with Crippen LogP contribution in [0.1, 0.15) is 28.5 Å². The molecule has 3 nitrogen and oxygen atoms in total. The molecule has 1 fully saturated rings. The van der Waals surface area contributed by atoms with Crippen LogP contribution < -0.4 is 4.74 Å². The average Bonchev–Trinajstić information content (AvgIpc) is 3.14. The standard InChI is InChI=1S/C24H23BrClNO2/c1-29-18-9-6-16(7-10-18)13-27-14-21(19-4-2-3-5-23(19)25)22(15-27)20-12-17(26)8-11-24(20)28/h2-12,21-22,28H,13-15H2,1H3/t21-,22-/m0/s1. The van der Waals surface area contributed by atoms with Crippen molar-refractivity contribution >= 4 is 27.5 Å². The summed E-state index contributed by atoms with van der Waals surface area (Å²) in [5.74, 6) is 1.59. The van der Waals surface area contributed by atoms with E-state index in [9.17, 15) is 5.11 Å². The quantitative estimate of drug-likeness (QED) is 0.480. The summed E-state index contributed by atoms with van der Waals surface area (Å²) in [7, 11) is 1.68. The van der Waals surface area contributed by atoms with Crippen LogP contribution in [-0.2, 0) is 6.54 Å². The maximum atomic E-state index is 10.6. The zero-order chi connectivity index (χ0) is 20.4. The van der Waals surface area contributed by atoms with Crippen LogP contribution in [0.2, 0.25) is 5.02 Å². The maximum Gasteiger partial charge on any atom is 0.119 e. The lowest BCUT2D eigenvalue weighted by Gasteiger charge is -2.21. The van der Waals surface area contributed by atoms with E-state index < -0.39 is 0 Å². The summed E-state index contributed by atoms with van der Waals surface area (Å²) in [6.07, 6.45) is 0. The van der Waals surface area contributed by atoms with Gasteiger partial charge in [-0.1, -0.05) is 57.9 Å². The summed E-state index contributed by atoms with van der Waals surface area (Å²) in [5, 5.41) is 11.2. The number of hydrogen-bond acceptors (Lipinski definition) is 3. The van der Waals surface area contributed by atoms with E-state index in [1.165, 1.54) is 11.1 Å². The number of aromatic hydroxyl groups is 1. The van der Waals surface area contributed by atoms with Gasteiger partial charge in [-0.25, -0.2) is 0 Å². The molecule has 2 atom stereocenters. The van der Waals surface area contributed by atoms with Crippen LogP contribution >= 0.6 is 27.5 Å². The van der Waals surface area contributed by atoms with Gasteiger partial charge in [0, 0.05) is 46.5 Å². The second-order valence-corrected chi connectivity index (χ2v) is 8.77. The predicted octanol–water partition coefficient (Wildman–Crippen LogP) is 6.20. The molecule has 1 saturated heterocycles. The summed E-state index contributed by atoms with van der Waals surface area (Å²) in [4.78, 5) is 2.44. The largest absolute Gasteiger partial charge is 0.508 e. The molecule has 5 heteroatoms. The molecule has 0 amide bonds. The lowest BCUT2D eigenvalue weighted by Crippen LogP contribution is -2.20. The number of likely N-dealkylation sites (tertiary alicyclic amines) is 1. The molecule has 4 rings (SSSR count). The first-order valence-corrected chi connectivity index (χ1v) is 10.8. The van der Waals surface area contributed by atoms with E-state index >= 15 is 0 Å². The minimum atomic E-state index is 0.158. The van der Waals surface area contributed by atoms with E-state index in [0.29, 0.717) is 10.8 Å². The number of ether oxygens (including phenoxy) is 1. The first kappa shape index (κ1) is 20.3. The highest BCUT2D eigenvalue weighted by Gasteiger charge is 2.37. The Bertz CT molecular complexity index is 992. The fraction of sp³-hybridized carbons (Fsp3) is 0.250. The molecule has 3 aromatic rings. The number of hydrogen-bond donors (Lipinski definition) is 1. The van der Waals surface area contributed by atoms with Crippen molar-refractivity contribution in [3.63, 3.8) is 0 Å². The Morgan fingerprint density at radius 3 is 2.38 bits per heavy atom. The Morgan fingerprint density at radius 2 is 1.69 bits per heavy atom. The van der Waals surface area contributed by atoms with Crippen molar-refractivity contribution in [1.82, 2.24) is 4.90 Å². The van der Waals surface area contributed by atoms with Crippen LogP contribution in [0.4, 0.5) is 0 Å². The lowest BCUT2D eigenvalue weighted by atomic mass is 9.84. The smallest absolute Gasteiger partial charge is 0.119 e. The summed E-state index contributed by atoms with van der Waals surface area (Å²) in [5.41, 5.74) is 3.41. The second kappa shape index (κ2) is 8.78. The molecule has 0 unspecified atom stereocenters. The molecule has 1 N–H and O–H groups in total. The van der Waals surface area contributed by atoms with Gasteiger partial charge < -0.3 is 9.84 Å². The van der Waals surface area contributed by atoms with E-state index in [2.05, 4.69) is 51.2 Å². The van der Waals surface area contributed by atoms with Gasteiger partial charge in [0.2, 0.25) is 0 Å². The fourth-order valence-electron chi connectivity index (χ4n) is 4.23. The number of phenolic OH excluding ortho intramolecular Hbond substituents is 1. The molecule has 0 aromatic heterocycles. The Morgan fingerprint density at radius 1 is 1.00 bits per heavy atom. The SMILES string of the molecule is COc1ccc(CN2C[C@@H](c3cc(Cl)ccc3O)[C@H](c3ccccc3Br)C2)cc1. The molecule has 3 aromatic carbocycles. The molecule has 1 aliphatic rings. The van der Waals surface area contributed by atoms with E-state index in [1.54, 1.807) is 19.2 Å². The molecule has 1 aliphatic heterocycles. The minimum absolute atomic E-state index is 0.158. The van der Waals surface area contributed by atoms with Gasteiger partial charge in [-0.15, -0.1) is 0 Å². The van der Waals surface area contributed by atoms with Crippen molar-refractivity contribution in [3.8, 4) is 11.5 Å². The average molecular weight is 473 g/mol. The first-order valence-electron chi connectivity index (χ1n) is 9.63. The molecule has 1 heterocycles. The van der Waals surface area contributed by atoms with E-state index in [1.807, 2.05) is 24.3 Å². The number of rotatable bonds is 5. The highest BCUT2D eigenvalue weighted by molar-refractivity contribution is 9.10. The number of halogens is 2. The number of methoxy groups -OCH3 is 1. The zero-order valence-electron chi connectivity index (χ0n) is 16.2. The van der Waals surface area contributed by atoms with Gasteiger partial charge in [0.25, 0.3) is 0 Å².